The minimum absolute atomic E-state index is 0.00243. The van der Waals surface area contributed by atoms with Crippen LogP contribution in [0.2, 0.25) is 0 Å². The maximum atomic E-state index is 13.4. The number of aryl methyl sites for hydroxylation is 1. The molecule has 0 spiro atoms. The van der Waals surface area contributed by atoms with E-state index in [-0.39, 0.29) is 23.8 Å². The molecule has 0 bridgehead atoms. The average Bonchev–Trinajstić information content (AvgIpc) is 3.56. The number of nitrogens with one attached hydrogen (secondary N) is 2. The number of carboxylic acids is 1. The number of amides is 3. The number of hydrogen-bond acceptors (Lipinski definition) is 7. The minimum atomic E-state index is -1.04. The van der Waals surface area contributed by atoms with Gasteiger partial charge in [-0.15, -0.1) is 11.3 Å². The predicted molar refractivity (Wildman–Crippen MR) is 165 cm³/mol. The summed E-state index contributed by atoms with van der Waals surface area (Å²) in [6, 6.07) is 18.5. The standard InChI is InChI=1S/C32H31N5O5S/c1-21-4-6-22(7-5-21)25(20-29(38)39)34-31(41)24-8-9-27(26(19-24)35-30(40)23-10-12-33-13-11-23)36-14-16-37(17-15-36)32(42)28-3-2-18-43-28/h2-13,18-19,25H,14-17,20H2,1H3,(H,34,41)(H,35,40)(H,38,39). The Morgan fingerprint density at radius 2 is 1.63 bits per heavy atom. The Bertz CT molecular complexity index is 1600. The van der Waals surface area contributed by atoms with Crippen molar-refractivity contribution in [3.8, 4) is 0 Å². The van der Waals surface area contributed by atoms with Gasteiger partial charge in [0.15, 0.2) is 0 Å². The number of thiophene rings is 1. The number of piperazine rings is 1. The van der Waals surface area contributed by atoms with Crippen molar-refractivity contribution in [3.05, 3.63) is 112 Å². The lowest BCUT2D eigenvalue weighted by Crippen LogP contribution is -2.48. The van der Waals surface area contributed by atoms with Gasteiger partial charge in [-0.05, 0) is 54.3 Å². The summed E-state index contributed by atoms with van der Waals surface area (Å²) in [5, 5.41) is 17.2. The molecule has 0 aliphatic carbocycles. The van der Waals surface area contributed by atoms with Crippen LogP contribution in [-0.2, 0) is 4.79 Å². The van der Waals surface area contributed by atoms with E-state index in [0.29, 0.717) is 53.6 Å². The van der Waals surface area contributed by atoms with Gasteiger partial charge < -0.3 is 25.5 Å². The van der Waals surface area contributed by atoms with Crippen LogP contribution in [0.15, 0.2) is 84.5 Å². The highest BCUT2D eigenvalue weighted by atomic mass is 32.1. The highest BCUT2D eigenvalue weighted by Gasteiger charge is 2.26. The zero-order chi connectivity index (χ0) is 30.3. The second kappa shape index (κ2) is 13.3. The van der Waals surface area contributed by atoms with Crippen LogP contribution >= 0.6 is 11.3 Å². The zero-order valence-corrected chi connectivity index (χ0v) is 24.3. The molecule has 3 N–H and O–H groups in total. The number of aliphatic carboxylic acids is 1. The van der Waals surface area contributed by atoms with E-state index in [1.807, 2.05) is 41.5 Å². The van der Waals surface area contributed by atoms with Crippen molar-refractivity contribution < 1.29 is 24.3 Å². The third-order valence-electron chi connectivity index (χ3n) is 7.25. The second-order valence-corrected chi connectivity index (χ2v) is 11.2. The van der Waals surface area contributed by atoms with Crippen molar-refractivity contribution in [2.24, 2.45) is 0 Å². The maximum Gasteiger partial charge on any atom is 0.305 e. The summed E-state index contributed by atoms with van der Waals surface area (Å²) in [6.45, 7) is 4.01. The average molecular weight is 598 g/mol. The van der Waals surface area contributed by atoms with Crippen LogP contribution in [0.25, 0.3) is 0 Å². The number of carbonyl (C=O) groups excluding carboxylic acids is 3. The summed E-state index contributed by atoms with van der Waals surface area (Å²) in [7, 11) is 0. The van der Waals surface area contributed by atoms with Gasteiger partial charge in [0.05, 0.1) is 28.7 Å². The van der Waals surface area contributed by atoms with Gasteiger partial charge in [0.1, 0.15) is 0 Å². The van der Waals surface area contributed by atoms with E-state index in [0.717, 1.165) is 5.56 Å². The number of aromatic nitrogens is 1. The number of rotatable bonds is 9. The predicted octanol–water partition coefficient (Wildman–Crippen LogP) is 4.61. The normalized spacial score (nSPS) is 13.7. The largest absolute Gasteiger partial charge is 0.481 e. The van der Waals surface area contributed by atoms with Crippen LogP contribution in [-0.4, -0.2) is 64.9 Å². The van der Waals surface area contributed by atoms with Crippen molar-refractivity contribution in [2.75, 3.05) is 36.4 Å². The molecule has 43 heavy (non-hydrogen) atoms. The van der Waals surface area contributed by atoms with Gasteiger partial charge in [0.2, 0.25) is 0 Å². The lowest BCUT2D eigenvalue weighted by atomic mass is 10.0. The van der Waals surface area contributed by atoms with E-state index in [1.54, 1.807) is 42.5 Å². The summed E-state index contributed by atoms with van der Waals surface area (Å²) < 4.78 is 0. The van der Waals surface area contributed by atoms with Gasteiger partial charge in [0.25, 0.3) is 17.7 Å². The van der Waals surface area contributed by atoms with Crippen LogP contribution in [0.4, 0.5) is 11.4 Å². The van der Waals surface area contributed by atoms with E-state index in [1.165, 1.54) is 23.7 Å². The molecule has 220 valence electrons. The van der Waals surface area contributed by atoms with E-state index in [9.17, 15) is 24.3 Å². The van der Waals surface area contributed by atoms with Crippen LogP contribution < -0.4 is 15.5 Å². The first-order chi connectivity index (χ1) is 20.8. The summed E-state index contributed by atoms with van der Waals surface area (Å²) >= 11 is 1.41. The Balaban J connectivity index is 1.38. The number of hydrogen-bond donors (Lipinski definition) is 3. The Morgan fingerprint density at radius 3 is 2.28 bits per heavy atom. The molecule has 1 unspecified atom stereocenters. The Kier molecular flexibility index (Phi) is 9.11. The Hall–Kier alpha value is -5.03. The Labute approximate surface area is 253 Å². The van der Waals surface area contributed by atoms with Crippen molar-refractivity contribution >= 4 is 46.4 Å². The summed E-state index contributed by atoms with van der Waals surface area (Å²) in [5.74, 6) is -1.87. The highest BCUT2D eigenvalue weighted by molar-refractivity contribution is 7.12. The molecule has 4 aromatic rings. The van der Waals surface area contributed by atoms with Crippen LogP contribution in [0.5, 0.6) is 0 Å². The molecule has 11 heteroatoms. The van der Waals surface area contributed by atoms with Gasteiger partial charge >= 0.3 is 5.97 Å². The second-order valence-electron chi connectivity index (χ2n) is 10.2. The minimum Gasteiger partial charge on any atom is -0.481 e. The molecule has 1 fully saturated rings. The van der Waals surface area contributed by atoms with E-state index < -0.39 is 17.9 Å². The third kappa shape index (κ3) is 7.25. The zero-order valence-electron chi connectivity index (χ0n) is 23.5. The fourth-order valence-electron chi connectivity index (χ4n) is 4.92. The van der Waals surface area contributed by atoms with Gasteiger partial charge in [0, 0.05) is 49.7 Å². The van der Waals surface area contributed by atoms with E-state index >= 15 is 0 Å². The van der Waals surface area contributed by atoms with Crippen molar-refractivity contribution in [3.63, 3.8) is 0 Å². The van der Waals surface area contributed by atoms with Gasteiger partial charge in [-0.1, -0.05) is 35.9 Å². The molecule has 10 nitrogen and oxygen atoms in total. The van der Waals surface area contributed by atoms with Crippen molar-refractivity contribution in [1.82, 2.24) is 15.2 Å². The summed E-state index contributed by atoms with van der Waals surface area (Å²) in [4.78, 5) is 59.5. The fraction of sp³-hybridized carbons (Fsp3) is 0.219. The monoisotopic (exact) mass is 597 g/mol. The van der Waals surface area contributed by atoms with E-state index in [2.05, 4.69) is 20.5 Å². The molecule has 1 aliphatic heterocycles. The van der Waals surface area contributed by atoms with E-state index in [4.69, 9.17) is 0 Å². The topological polar surface area (TPSA) is 132 Å². The number of pyridine rings is 1. The number of carboxylic acid groups (broad SMARTS) is 1. The SMILES string of the molecule is Cc1ccc(C(CC(=O)O)NC(=O)c2ccc(N3CCN(C(=O)c4cccs4)CC3)c(NC(=O)c3ccncc3)c2)cc1. The van der Waals surface area contributed by atoms with Crippen LogP contribution in [0.3, 0.4) is 0 Å². The van der Waals surface area contributed by atoms with Crippen molar-refractivity contribution in [1.29, 1.82) is 0 Å². The smallest absolute Gasteiger partial charge is 0.305 e. The molecule has 2 aromatic heterocycles. The molecule has 3 amide bonds. The van der Waals surface area contributed by atoms with Crippen LogP contribution in [0.1, 0.15) is 54.0 Å². The summed E-state index contributed by atoms with van der Waals surface area (Å²) in [6.07, 6.45) is 2.77. The maximum absolute atomic E-state index is 13.4. The fourth-order valence-corrected chi connectivity index (χ4v) is 5.62. The number of anilines is 2. The first-order valence-electron chi connectivity index (χ1n) is 13.8. The van der Waals surface area contributed by atoms with Gasteiger partial charge in [-0.25, -0.2) is 0 Å². The molecule has 1 saturated heterocycles. The van der Waals surface area contributed by atoms with Gasteiger partial charge in [-0.3, -0.25) is 24.2 Å². The number of nitrogens with zero attached hydrogens (tertiary/aromatic N) is 3. The van der Waals surface area contributed by atoms with Gasteiger partial charge in [-0.2, -0.15) is 0 Å². The lowest BCUT2D eigenvalue weighted by Gasteiger charge is -2.37. The quantitative estimate of drug-likeness (QED) is 0.257. The molecule has 2 aromatic carbocycles. The summed E-state index contributed by atoms with van der Waals surface area (Å²) in [5.41, 5.74) is 3.51. The van der Waals surface area contributed by atoms with Crippen LogP contribution in [0, 0.1) is 6.92 Å². The first kappa shape index (κ1) is 29.5. The molecular formula is C32H31N5O5S. The highest BCUT2D eigenvalue weighted by Crippen LogP contribution is 2.30. The molecule has 5 rings (SSSR count). The number of benzene rings is 2. The third-order valence-corrected chi connectivity index (χ3v) is 8.11. The first-order valence-corrected chi connectivity index (χ1v) is 14.7. The molecule has 1 atom stereocenters. The molecule has 1 aliphatic rings. The molecule has 3 heterocycles. The number of carbonyl (C=O) groups is 4. The van der Waals surface area contributed by atoms with Crippen molar-refractivity contribution in [2.45, 2.75) is 19.4 Å². The molecular weight excluding hydrogens is 566 g/mol. The Morgan fingerprint density at radius 1 is 0.907 bits per heavy atom. The molecule has 0 saturated carbocycles. The lowest BCUT2D eigenvalue weighted by molar-refractivity contribution is -0.137. The molecule has 0 radical (unpaired) electrons.